The Morgan fingerprint density at radius 1 is 1.35 bits per heavy atom. The fourth-order valence-corrected chi connectivity index (χ4v) is 3.61. The predicted octanol–water partition coefficient (Wildman–Crippen LogP) is 4.43. The van der Waals surface area contributed by atoms with Crippen molar-refractivity contribution in [2.75, 3.05) is 13.1 Å². The molecule has 2 heterocycles. The summed E-state index contributed by atoms with van der Waals surface area (Å²) in [5, 5.41) is 2.14. The lowest BCUT2D eigenvalue weighted by atomic mass is 9.81. The summed E-state index contributed by atoms with van der Waals surface area (Å²) in [6, 6.07) is 4.33. The van der Waals surface area contributed by atoms with Crippen molar-refractivity contribution in [2.24, 2.45) is 0 Å². The maximum absolute atomic E-state index is 12.2. The number of thiophene rings is 1. The largest absolute Gasteiger partial charge is 0.444 e. The number of likely N-dealkylation sites (tertiary alicyclic amines) is 1. The lowest BCUT2D eigenvalue weighted by Crippen LogP contribution is -2.37. The summed E-state index contributed by atoms with van der Waals surface area (Å²) in [5.41, 5.74) is -0.217. The van der Waals surface area contributed by atoms with Gasteiger partial charge in [0.2, 0.25) is 0 Å². The molecule has 1 saturated heterocycles. The predicted molar refractivity (Wildman–Crippen MR) is 83.3 cm³/mol. The van der Waals surface area contributed by atoms with Crippen LogP contribution in [-0.2, 0) is 10.2 Å². The molecule has 0 bridgehead atoms. The van der Waals surface area contributed by atoms with Crippen molar-refractivity contribution in [3.05, 3.63) is 22.4 Å². The minimum Gasteiger partial charge on any atom is -0.444 e. The van der Waals surface area contributed by atoms with Crippen LogP contribution in [0.4, 0.5) is 4.79 Å². The molecular formula is C16H25NO2S. The van der Waals surface area contributed by atoms with Gasteiger partial charge in [0, 0.05) is 23.4 Å². The molecule has 0 saturated carbocycles. The molecule has 0 aromatic carbocycles. The maximum atomic E-state index is 12.2. The first-order valence-corrected chi connectivity index (χ1v) is 8.20. The van der Waals surface area contributed by atoms with Crippen LogP contribution in [0.25, 0.3) is 0 Å². The first-order chi connectivity index (χ1) is 9.30. The molecule has 1 fully saturated rings. The van der Waals surface area contributed by atoms with Crippen LogP contribution in [0.5, 0.6) is 0 Å². The summed E-state index contributed by atoms with van der Waals surface area (Å²) in [5.74, 6) is 0. The minimum absolute atomic E-state index is 0.173. The Hall–Kier alpha value is -1.03. The lowest BCUT2D eigenvalue weighted by molar-refractivity contribution is 0.0254. The smallest absolute Gasteiger partial charge is 0.410 e. The quantitative estimate of drug-likeness (QED) is 0.767. The molecule has 0 aliphatic carbocycles. The van der Waals surface area contributed by atoms with E-state index in [1.165, 1.54) is 4.88 Å². The second kappa shape index (κ2) is 5.76. The third-order valence-electron chi connectivity index (χ3n) is 3.86. The highest BCUT2D eigenvalue weighted by Crippen LogP contribution is 2.37. The van der Waals surface area contributed by atoms with Crippen LogP contribution >= 0.6 is 11.3 Å². The van der Waals surface area contributed by atoms with Gasteiger partial charge in [0.1, 0.15) is 5.60 Å². The maximum Gasteiger partial charge on any atom is 0.410 e. The number of hydrogen-bond acceptors (Lipinski definition) is 3. The summed E-state index contributed by atoms with van der Waals surface area (Å²) in [6.45, 7) is 9.64. The molecule has 1 atom stereocenters. The molecule has 2 rings (SSSR count). The van der Waals surface area contributed by atoms with Crippen LogP contribution < -0.4 is 0 Å². The molecule has 0 spiro atoms. The number of nitrogens with zero attached hydrogens (tertiary/aromatic N) is 1. The summed E-state index contributed by atoms with van der Waals surface area (Å²) < 4.78 is 5.48. The Morgan fingerprint density at radius 3 is 2.70 bits per heavy atom. The highest BCUT2D eigenvalue weighted by Gasteiger charge is 2.33. The van der Waals surface area contributed by atoms with Crippen LogP contribution in [0, 0.1) is 0 Å². The Labute approximate surface area is 125 Å². The fraction of sp³-hybridized carbons (Fsp3) is 0.688. The average Bonchev–Trinajstić information content (AvgIpc) is 2.78. The van der Waals surface area contributed by atoms with Gasteiger partial charge in [-0.3, -0.25) is 0 Å². The number of rotatable bonds is 1. The number of carbonyl (C=O) groups is 1. The van der Waals surface area contributed by atoms with Gasteiger partial charge in [-0.25, -0.2) is 4.79 Å². The molecule has 1 aromatic heterocycles. The Bertz CT molecular complexity index is 450. The highest BCUT2D eigenvalue weighted by atomic mass is 32.1. The van der Waals surface area contributed by atoms with E-state index in [9.17, 15) is 4.79 Å². The number of hydrogen-bond donors (Lipinski definition) is 0. The van der Waals surface area contributed by atoms with Gasteiger partial charge in [-0.05, 0) is 51.5 Å². The molecule has 1 aliphatic rings. The first kappa shape index (κ1) is 15.4. The zero-order chi connectivity index (χ0) is 14.8. The number of amides is 1. The SMILES string of the molecule is CC(C)(C)OC(=O)N1CCCC(C)(c2cccs2)CC1. The van der Waals surface area contributed by atoms with Gasteiger partial charge in [0.05, 0.1) is 0 Å². The number of carbonyl (C=O) groups excluding carboxylic acids is 1. The third-order valence-corrected chi connectivity index (χ3v) is 5.03. The zero-order valence-electron chi connectivity index (χ0n) is 12.9. The Morgan fingerprint density at radius 2 is 2.10 bits per heavy atom. The van der Waals surface area contributed by atoms with Crippen molar-refractivity contribution in [3.63, 3.8) is 0 Å². The van der Waals surface area contributed by atoms with E-state index in [2.05, 4.69) is 24.4 Å². The monoisotopic (exact) mass is 295 g/mol. The van der Waals surface area contributed by atoms with E-state index in [0.29, 0.717) is 0 Å². The van der Waals surface area contributed by atoms with E-state index in [-0.39, 0.29) is 11.5 Å². The van der Waals surface area contributed by atoms with Gasteiger partial charge in [-0.15, -0.1) is 11.3 Å². The molecule has 1 amide bonds. The molecule has 3 nitrogen and oxygen atoms in total. The first-order valence-electron chi connectivity index (χ1n) is 7.32. The van der Waals surface area contributed by atoms with E-state index in [4.69, 9.17) is 4.74 Å². The van der Waals surface area contributed by atoms with Crippen LogP contribution in [0.3, 0.4) is 0 Å². The van der Waals surface area contributed by atoms with Gasteiger partial charge in [-0.2, -0.15) is 0 Å². The molecule has 112 valence electrons. The topological polar surface area (TPSA) is 29.5 Å². The lowest BCUT2D eigenvalue weighted by Gasteiger charge is -2.28. The zero-order valence-corrected chi connectivity index (χ0v) is 13.8. The second-order valence-electron chi connectivity index (χ2n) is 6.86. The molecule has 0 radical (unpaired) electrons. The van der Waals surface area contributed by atoms with Crippen molar-refractivity contribution in [1.82, 2.24) is 4.90 Å². The van der Waals surface area contributed by atoms with Crippen molar-refractivity contribution in [2.45, 2.75) is 58.0 Å². The van der Waals surface area contributed by atoms with Gasteiger partial charge >= 0.3 is 6.09 Å². The molecule has 1 aromatic rings. The van der Waals surface area contributed by atoms with Crippen molar-refractivity contribution in [3.8, 4) is 0 Å². The van der Waals surface area contributed by atoms with Crippen molar-refractivity contribution >= 4 is 17.4 Å². The molecular weight excluding hydrogens is 270 g/mol. The van der Waals surface area contributed by atoms with E-state index < -0.39 is 5.60 Å². The summed E-state index contributed by atoms with van der Waals surface area (Å²) in [7, 11) is 0. The van der Waals surface area contributed by atoms with E-state index in [0.717, 1.165) is 32.4 Å². The van der Waals surface area contributed by atoms with Crippen LogP contribution in [0.15, 0.2) is 17.5 Å². The third kappa shape index (κ3) is 3.75. The van der Waals surface area contributed by atoms with E-state index >= 15 is 0 Å². The number of ether oxygens (including phenoxy) is 1. The van der Waals surface area contributed by atoms with Crippen molar-refractivity contribution in [1.29, 1.82) is 0 Å². The minimum atomic E-state index is -0.416. The van der Waals surface area contributed by atoms with Gasteiger partial charge in [0.15, 0.2) is 0 Å². The Kier molecular flexibility index (Phi) is 4.43. The standard InChI is InChI=1S/C16H25NO2S/c1-15(2,3)19-14(18)17-10-6-8-16(4,9-11-17)13-7-5-12-20-13/h5,7,12H,6,8-11H2,1-4H3. The van der Waals surface area contributed by atoms with Gasteiger partial charge in [0.25, 0.3) is 0 Å². The van der Waals surface area contributed by atoms with Crippen LogP contribution in [0.1, 0.15) is 51.8 Å². The average molecular weight is 295 g/mol. The van der Waals surface area contributed by atoms with Crippen molar-refractivity contribution < 1.29 is 9.53 Å². The summed E-state index contributed by atoms with van der Waals surface area (Å²) in [6.07, 6.45) is 3.00. The van der Waals surface area contributed by atoms with Crippen LogP contribution in [0.2, 0.25) is 0 Å². The molecule has 1 aliphatic heterocycles. The highest BCUT2D eigenvalue weighted by molar-refractivity contribution is 7.10. The second-order valence-corrected chi connectivity index (χ2v) is 7.81. The molecule has 1 unspecified atom stereocenters. The normalized spacial score (nSPS) is 24.3. The molecule has 4 heteroatoms. The van der Waals surface area contributed by atoms with E-state index in [1.807, 2.05) is 37.0 Å². The van der Waals surface area contributed by atoms with Gasteiger partial charge < -0.3 is 9.64 Å². The van der Waals surface area contributed by atoms with Gasteiger partial charge in [-0.1, -0.05) is 13.0 Å². The summed E-state index contributed by atoms with van der Waals surface area (Å²) >= 11 is 1.82. The summed E-state index contributed by atoms with van der Waals surface area (Å²) in [4.78, 5) is 15.5. The molecule has 0 N–H and O–H groups in total. The fourth-order valence-electron chi connectivity index (χ4n) is 2.66. The Balaban J connectivity index is 2.01. The van der Waals surface area contributed by atoms with Crippen LogP contribution in [-0.4, -0.2) is 29.7 Å². The van der Waals surface area contributed by atoms with E-state index in [1.54, 1.807) is 0 Å². The molecule has 20 heavy (non-hydrogen) atoms.